The minimum Gasteiger partial charge on any atom is -0.357 e. The first-order chi connectivity index (χ1) is 9.08. The zero-order chi connectivity index (χ0) is 13.6. The molecule has 1 aromatic heterocycles. The minimum atomic E-state index is 0.0731. The largest absolute Gasteiger partial charge is 0.357 e. The molecule has 2 aromatic carbocycles. The van der Waals surface area contributed by atoms with Gasteiger partial charge in [-0.2, -0.15) is 0 Å². The molecule has 0 saturated heterocycles. The molecule has 1 N–H and O–H groups in total. The molecule has 1 heterocycles. The van der Waals surface area contributed by atoms with E-state index in [0.29, 0.717) is 5.92 Å². The van der Waals surface area contributed by atoms with Crippen molar-refractivity contribution >= 4 is 37.6 Å². The van der Waals surface area contributed by atoms with E-state index in [1.807, 2.05) is 24.3 Å². The Morgan fingerprint density at radius 3 is 2.42 bits per heavy atom. The van der Waals surface area contributed by atoms with Gasteiger partial charge in [0.15, 0.2) is 5.43 Å². The molecule has 0 atom stereocenters. The quantitative estimate of drug-likeness (QED) is 0.656. The lowest BCUT2D eigenvalue weighted by Crippen LogP contribution is -2.06. The molecule has 3 rings (SSSR count). The number of H-pyrrole nitrogens is 1. The second-order valence-corrected chi connectivity index (χ2v) is 5.92. The van der Waals surface area contributed by atoms with Gasteiger partial charge in [-0.25, -0.2) is 0 Å². The minimum absolute atomic E-state index is 0.0731. The fourth-order valence-electron chi connectivity index (χ4n) is 2.37. The van der Waals surface area contributed by atoms with Crippen molar-refractivity contribution in [3.05, 3.63) is 56.8 Å². The van der Waals surface area contributed by atoms with Crippen LogP contribution in [0.4, 0.5) is 0 Å². The van der Waals surface area contributed by atoms with Crippen LogP contribution >= 0.6 is 15.9 Å². The van der Waals surface area contributed by atoms with Gasteiger partial charge in [-0.05, 0) is 17.4 Å². The van der Waals surface area contributed by atoms with Gasteiger partial charge in [0.1, 0.15) is 0 Å². The normalized spacial score (nSPS) is 11.6. The number of pyridine rings is 1. The summed E-state index contributed by atoms with van der Waals surface area (Å²) in [7, 11) is 0. The van der Waals surface area contributed by atoms with Gasteiger partial charge in [0, 0.05) is 27.0 Å². The van der Waals surface area contributed by atoms with Gasteiger partial charge in [-0.15, -0.1) is 0 Å². The van der Waals surface area contributed by atoms with Gasteiger partial charge in [0.2, 0.25) is 0 Å². The summed E-state index contributed by atoms with van der Waals surface area (Å²) >= 11 is 3.55. The molecule has 0 spiro atoms. The summed E-state index contributed by atoms with van der Waals surface area (Å²) in [6.45, 7) is 4.16. The molecule has 0 saturated carbocycles. The van der Waals surface area contributed by atoms with Crippen LogP contribution in [0.1, 0.15) is 25.5 Å². The zero-order valence-corrected chi connectivity index (χ0v) is 12.4. The van der Waals surface area contributed by atoms with Crippen molar-refractivity contribution in [1.82, 2.24) is 4.98 Å². The highest BCUT2D eigenvalue weighted by Gasteiger charge is 2.10. The van der Waals surface area contributed by atoms with Crippen LogP contribution in [0.15, 0.2) is 45.7 Å². The Balaban J connectivity index is 2.56. The van der Waals surface area contributed by atoms with E-state index in [9.17, 15) is 4.79 Å². The van der Waals surface area contributed by atoms with Gasteiger partial charge in [-0.1, -0.05) is 54.0 Å². The van der Waals surface area contributed by atoms with E-state index >= 15 is 0 Å². The number of aromatic nitrogens is 1. The van der Waals surface area contributed by atoms with E-state index in [4.69, 9.17) is 0 Å². The second-order valence-electron chi connectivity index (χ2n) is 5.07. The van der Waals surface area contributed by atoms with Crippen molar-refractivity contribution in [2.45, 2.75) is 19.8 Å². The van der Waals surface area contributed by atoms with Crippen molar-refractivity contribution in [2.24, 2.45) is 0 Å². The molecular weight excluding hydrogens is 302 g/mol. The van der Waals surface area contributed by atoms with Gasteiger partial charge in [0.05, 0.1) is 5.52 Å². The molecule has 0 aliphatic carbocycles. The lowest BCUT2D eigenvalue weighted by Gasteiger charge is -2.10. The third kappa shape index (κ3) is 1.98. The summed E-state index contributed by atoms with van der Waals surface area (Å²) < 4.78 is 0.957. The van der Waals surface area contributed by atoms with Crippen molar-refractivity contribution in [1.29, 1.82) is 0 Å². The maximum Gasteiger partial charge on any atom is 0.189 e. The number of hydrogen-bond donors (Lipinski definition) is 1. The Hall–Kier alpha value is -1.61. The number of fused-ring (bicyclic) bond motifs is 3. The maximum absolute atomic E-state index is 12.3. The Bertz CT molecular complexity index is 833. The van der Waals surface area contributed by atoms with Crippen molar-refractivity contribution in [2.75, 3.05) is 0 Å². The molecule has 0 bridgehead atoms. The Labute approximate surface area is 119 Å². The van der Waals surface area contributed by atoms with Crippen molar-refractivity contribution < 1.29 is 0 Å². The molecule has 19 heavy (non-hydrogen) atoms. The number of aromatic amines is 1. The van der Waals surface area contributed by atoms with E-state index in [2.05, 4.69) is 40.8 Å². The molecule has 0 fully saturated rings. The van der Waals surface area contributed by atoms with Crippen LogP contribution in [0.25, 0.3) is 21.7 Å². The topological polar surface area (TPSA) is 32.9 Å². The van der Waals surface area contributed by atoms with E-state index in [1.54, 1.807) is 6.07 Å². The Morgan fingerprint density at radius 1 is 1.05 bits per heavy atom. The average Bonchev–Trinajstić information content (AvgIpc) is 2.40. The van der Waals surface area contributed by atoms with Crippen LogP contribution in [0.2, 0.25) is 0 Å². The van der Waals surface area contributed by atoms with E-state index < -0.39 is 0 Å². The summed E-state index contributed by atoms with van der Waals surface area (Å²) in [4.78, 5) is 15.7. The molecule has 3 heteroatoms. The van der Waals surface area contributed by atoms with E-state index in [-0.39, 0.29) is 5.43 Å². The highest BCUT2D eigenvalue weighted by molar-refractivity contribution is 9.10. The number of halogens is 1. The Kier molecular flexibility index (Phi) is 2.94. The number of benzene rings is 2. The van der Waals surface area contributed by atoms with Crippen LogP contribution < -0.4 is 5.43 Å². The lowest BCUT2D eigenvalue weighted by molar-refractivity contribution is 0.829. The van der Waals surface area contributed by atoms with Crippen LogP contribution in [0, 0.1) is 0 Å². The van der Waals surface area contributed by atoms with E-state index in [0.717, 1.165) is 31.8 Å². The highest BCUT2D eigenvalue weighted by Crippen LogP contribution is 2.30. The number of hydrogen-bond acceptors (Lipinski definition) is 1. The lowest BCUT2D eigenvalue weighted by atomic mass is 10.0. The summed E-state index contributed by atoms with van der Waals surface area (Å²) in [6.07, 6.45) is 0. The fraction of sp³-hybridized carbons (Fsp3) is 0.188. The van der Waals surface area contributed by atoms with Crippen LogP contribution in [0.3, 0.4) is 0 Å². The Morgan fingerprint density at radius 2 is 1.74 bits per heavy atom. The molecular formula is C16H14BrNO. The predicted octanol–water partition coefficient (Wildman–Crippen LogP) is 4.57. The third-order valence-corrected chi connectivity index (χ3v) is 4.09. The average molecular weight is 316 g/mol. The molecule has 96 valence electrons. The predicted molar refractivity (Wildman–Crippen MR) is 83.9 cm³/mol. The molecule has 0 unspecified atom stereocenters. The van der Waals surface area contributed by atoms with Crippen molar-refractivity contribution in [3.63, 3.8) is 0 Å². The molecule has 0 radical (unpaired) electrons. The highest BCUT2D eigenvalue weighted by atomic mass is 79.9. The monoisotopic (exact) mass is 315 g/mol. The first kappa shape index (κ1) is 12.4. The molecule has 2 nitrogen and oxygen atoms in total. The maximum atomic E-state index is 12.3. The fourth-order valence-corrected chi connectivity index (χ4v) is 2.95. The number of nitrogens with one attached hydrogen (secondary N) is 1. The van der Waals surface area contributed by atoms with Gasteiger partial charge >= 0.3 is 0 Å². The van der Waals surface area contributed by atoms with Gasteiger partial charge in [0.25, 0.3) is 0 Å². The smallest absolute Gasteiger partial charge is 0.189 e. The first-order valence-corrected chi connectivity index (χ1v) is 7.11. The standard InChI is InChI=1S/C16H14BrNO/c1-9(2)14-8-15(19)12-7-13(17)10-5-3-4-6-11(10)16(12)18-14/h3-9H,1-2H3,(H,18,19). The van der Waals surface area contributed by atoms with Gasteiger partial charge in [-0.3, -0.25) is 4.79 Å². The first-order valence-electron chi connectivity index (χ1n) is 6.32. The van der Waals surface area contributed by atoms with Crippen LogP contribution in [-0.4, -0.2) is 4.98 Å². The molecule has 0 aliphatic heterocycles. The van der Waals surface area contributed by atoms with Crippen LogP contribution in [-0.2, 0) is 0 Å². The van der Waals surface area contributed by atoms with Crippen molar-refractivity contribution in [3.8, 4) is 0 Å². The molecule has 0 aliphatic rings. The van der Waals surface area contributed by atoms with Crippen LogP contribution in [0.5, 0.6) is 0 Å². The summed E-state index contributed by atoms with van der Waals surface area (Å²) in [5, 5.41) is 2.92. The summed E-state index contributed by atoms with van der Waals surface area (Å²) in [5.74, 6) is 0.305. The molecule has 3 aromatic rings. The zero-order valence-electron chi connectivity index (χ0n) is 10.8. The van der Waals surface area contributed by atoms with E-state index in [1.165, 1.54) is 0 Å². The summed E-state index contributed by atoms with van der Waals surface area (Å²) in [5.41, 5.74) is 1.98. The number of rotatable bonds is 1. The van der Waals surface area contributed by atoms with Gasteiger partial charge < -0.3 is 4.98 Å². The SMILES string of the molecule is CC(C)c1cc(=O)c2cc(Br)c3ccccc3c2[nH]1. The second kappa shape index (κ2) is 4.49. The third-order valence-electron chi connectivity index (χ3n) is 3.44. The molecule has 0 amide bonds. The summed E-state index contributed by atoms with van der Waals surface area (Å²) in [6, 6.07) is 11.7.